The maximum Gasteiger partial charge on any atom is 1.00 e. The molecule has 0 aliphatic heterocycles. The van der Waals surface area contributed by atoms with E-state index in [9.17, 15) is 39.3 Å². The van der Waals surface area contributed by atoms with Crippen LogP contribution in [0.4, 0.5) is 26.3 Å². The second-order valence-electron chi connectivity index (χ2n) is 4.41. The largest absolute Gasteiger partial charge is 1.00 e. The molecule has 0 rings (SSSR count). The molecule has 0 N–H and O–H groups in total. The summed E-state index contributed by atoms with van der Waals surface area (Å²) in [7, 11) is -6.05. The predicted octanol–water partition coefficient (Wildman–Crippen LogP) is 0.759. The van der Waals surface area contributed by atoms with Crippen LogP contribution in [0.2, 0.25) is 0 Å². The first-order valence-corrected chi connectivity index (χ1v) is 7.33. The Balaban J connectivity index is 0. The fourth-order valence-corrected chi connectivity index (χ4v) is 1.94. The summed E-state index contributed by atoms with van der Waals surface area (Å²) in [6.45, 7) is 0. The standard InChI is InChI=1S/C10H16F6O3S.K/c11-8(10(15,16)20(17,18)19)6-4-2-1-3-5-7-9(12,13)14;/h8H,1-7H2,(H,17,18,19);/q;+1/p-1. The van der Waals surface area contributed by atoms with Crippen LogP contribution < -0.4 is 51.4 Å². The van der Waals surface area contributed by atoms with Gasteiger partial charge in [-0.3, -0.25) is 0 Å². The third kappa shape index (κ3) is 10.5. The van der Waals surface area contributed by atoms with Gasteiger partial charge < -0.3 is 4.55 Å². The van der Waals surface area contributed by atoms with E-state index in [2.05, 4.69) is 0 Å². The number of hydrogen-bond donors (Lipinski definition) is 0. The van der Waals surface area contributed by atoms with Crippen molar-refractivity contribution in [3.05, 3.63) is 0 Å². The molecule has 0 bridgehead atoms. The number of rotatable bonds is 9. The van der Waals surface area contributed by atoms with Crippen molar-refractivity contribution in [2.45, 2.75) is 62.5 Å². The van der Waals surface area contributed by atoms with Gasteiger partial charge in [-0.05, 0) is 12.8 Å². The van der Waals surface area contributed by atoms with Crippen molar-refractivity contribution in [1.82, 2.24) is 0 Å². The van der Waals surface area contributed by atoms with E-state index < -0.39 is 40.6 Å². The minimum absolute atomic E-state index is 0. The van der Waals surface area contributed by atoms with Gasteiger partial charge in [-0.1, -0.05) is 25.7 Å². The summed E-state index contributed by atoms with van der Waals surface area (Å²) in [5.41, 5.74) is 0. The minimum atomic E-state index is -6.05. The zero-order chi connectivity index (χ0) is 16.0. The normalized spacial score (nSPS) is 14.6. The van der Waals surface area contributed by atoms with Crippen molar-refractivity contribution in [2.75, 3.05) is 0 Å². The average molecular weight is 368 g/mol. The Morgan fingerprint density at radius 1 is 0.905 bits per heavy atom. The fourth-order valence-electron chi connectivity index (χ4n) is 1.50. The predicted molar refractivity (Wildman–Crippen MR) is 57.9 cm³/mol. The molecule has 0 spiro atoms. The van der Waals surface area contributed by atoms with Gasteiger partial charge in [0.15, 0.2) is 16.3 Å². The van der Waals surface area contributed by atoms with Crippen LogP contribution in [-0.4, -0.2) is 30.6 Å². The molecule has 1 unspecified atom stereocenters. The van der Waals surface area contributed by atoms with Crippen molar-refractivity contribution >= 4 is 10.1 Å². The van der Waals surface area contributed by atoms with Crippen LogP contribution in [0.25, 0.3) is 0 Å². The fraction of sp³-hybridized carbons (Fsp3) is 1.00. The molecule has 3 nitrogen and oxygen atoms in total. The Morgan fingerprint density at radius 3 is 1.76 bits per heavy atom. The molecule has 0 aromatic carbocycles. The van der Waals surface area contributed by atoms with Gasteiger partial charge in [0.05, 0.1) is 0 Å². The topological polar surface area (TPSA) is 57.2 Å². The zero-order valence-electron chi connectivity index (χ0n) is 11.4. The summed E-state index contributed by atoms with van der Waals surface area (Å²) in [5.74, 6) is 0. The molecule has 0 fully saturated rings. The average Bonchev–Trinajstić information content (AvgIpc) is 2.24. The zero-order valence-corrected chi connectivity index (χ0v) is 15.4. The van der Waals surface area contributed by atoms with Gasteiger partial charge in [-0.15, -0.1) is 0 Å². The summed E-state index contributed by atoms with van der Waals surface area (Å²) in [6, 6.07) is 0. The first kappa shape index (κ1) is 24.4. The Morgan fingerprint density at radius 2 is 1.33 bits per heavy atom. The molecule has 0 saturated carbocycles. The molecular formula is C10H15F6KO3S. The molecule has 11 heteroatoms. The van der Waals surface area contributed by atoms with E-state index in [0.29, 0.717) is 6.42 Å². The van der Waals surface area contributed by atoms with Gasteiger partial charge in [0, 0.05) is 6.42 Å². The van der Waals surface area contributed by atoms with Crippen LogP contribution in [-0.2, 0) is 10.1 Å². The molecular weight excluding hydrogens is 353 g/mol. The molecule has 0 aromatic heterocycles. The Kier molecular flexibility index (Phi) is 11.7. The summed E-state index contributed by atoms with van der Waals surface area (Å²) in [4.78, 5) is 0. The van der Waals surface area contributed by atoms with Gasteiger partial charge in [0.2, 0.25) is 0 Å². The van der Waals surface area contributed by atoms with Crippen LogP contribution >= 0.6 is 0 Å². The number of hydrogen-bond acceptors (Lipinski definition) is 3. The first-order valence-electron chi connectivity index (χ1n) is 5.92. The molecule has 0 radical (unpaired) electrons. The molecule has 0 aromatic rings. The number of alkyl halides is 6. The van der Waals surface area contributed by atoms with E-state index in [-0.39, 0.29) is 77.1 Å². The maximum atomic E-state index is 12.9. The van der Waals surface area contributed by atoms with Gasteiger partial charge in [0.25, 0.3) is 0 Å². The SMILES string of the molecule is O=S(=O)([O-])C(F)(F)C(F)CCCCCCCC(F)(F)F.[K+]. The third-order valence-electron chi connectivity index (χ3n) is 2.62. The molecule has 0 saturated heterocycles. The van der Waals surface area contributed by atoms with E-state index in [1.54, 1.807) is 0 Å². The Bertz CT molecular complexity index is 385. The van der Waals surface area contributed by atoms with Gasteiger partial charge in [-0.2, -0.15) is 22.0 Å². The molecule has 0 aliphatic carbocycles. The van der Waals surface area contributed by atoms with E-state index in [1.165, 1.54) is 0 Å². The minimum Gasteiger partial charge on any atom is -0.743 e. The molecule has 0 heterocycles. The smallest absolute Gasteiger partial charge is 0.743 e. The van der Waals surface area contributed by atoms with E-state index in [4.69, 9.17) is 0 Å². The van der Waals surface area contributed by atoms with Crippen LogP contribution in [0.5, 0.6) is 0 Å². The van der Waals surface area contributed by atoms with Crippen LogP contribution in [0.15, 0.2) is 0 Å². The van der Waals surface area contributed by atoms with Gasteiger partial charge in [0.1, 0.15) is 0 Å². The Hall–Kier alpha value is 1.13. The van der Waals surface area contributed by atoms with E-state index >= 15 is 0 Å². The van der Waals surface area contributed by atoms with Crippen molar-refractivity contribution in [1.29, 1.82) is 0 Å². The molecule has 0 amide bonds. The van der Waals surface area contributed by atoms with Crippen molar-refractivity contribution < 1.29 is 90.7 Å². The maximum absolute atomic E-state index is 12.9. The van der Waals surface area contributed by atoms with E-state index in [0.717, 1.165) is 0 Å². The summed E-state index contributed by atoms with van der Waals surface area (Å²) >= 11 is 0. The number of unbranched alkanes of at least 4 members (excludes halogenated alkanes) is 4. The van der Waals surface area contributed by atoms with Gasteiger partial charge >= 0.3 is 62.8 Å². The third-order valence-corrected chi connectivity index (χ3v) is 3.54. The molecule has 1 atom stereocenters. The number of halogens is 6. The van der Waals surface area contributed by atoms with Gasteiger partial charge in [-0.25, -0.2) is 12.8 Å². The molecule has 21 heavy (non-hydrogen) atoms. The quantitative estimate of drug-likeness (QED) is 0.261. The van der Waals surface area contributed by atoms with Crippen LogP contribution in [0, 0.1) is 0 Å². The molecule has 0 aliphatic rings. The van der Waals surface area contributed by atoms with Crippen molar-refractivity contribution in [3.63, 3.8) is 0 Å². The summed E-state index contributed by atoms with van der Waals surface area (Å²) < 4.78 is 104. The monoisotopic (exact) mass is 368 g/mol. The van der Waals surface area contributed by atoms with Crippen molar-refractivity contribution in [3.8, 4) is 0 Å². The first-order chi connectivity index (χ1) is 8.88. The van der Waals surface area contributed by atoms with Crippen molar-refractivity contribution in [2.24, 2.45) is 0 Å². The summed E-state index contributed by atoms with van der Waals surface area (Å²) in [5, 5.41) is -4.97. The second kappa shape index (κ2) is 10.1. The Labute approximate surface area is 162 Å². The summed E-state index contributed by atoms with van der Waals surface area (Å²) in [6.07, 6.45) is -8.64. The second-order valence-corrected chi connectivity index (χ2v) is 5.86. The molecule has 122 valence electrons. The van der Waals surface area contributed by atoms with Crippen LogP contribution in [0.3, 0.4) is 0 Å². The van der Waals surface area contributed by atoms with E-state index in [1.807, 2.05) is 0 Å². The van der Waals surface area contributed by atoms with Crippen LogP contribution in [0.1, 0.15) is 44.9 Å².